The van der Waals surface area contributed by atoms with Crippen molar-refractivity contribution in [2.24, 2.45) is 0 Å². The Morgan fingerprint density at radius 3 is 1.76 bits per heavy atom. The molecule has 0 aliphatic rings. The van der Waals surface area contributed by atoms with Gasteiger partial charge in [-0.2, -0.15) is 0 Å². The number of carboxylic acid groups (broad SMARTS) is 2. The molecule has 0 fully saturated rings. The summed E-state index contributed by atoms with van der Waals surface area (Å²) in [5, 5.41) is 23.7. The highest BCUT2D eigenvalue weighted by Crippen LogP contribution is 2.10. The van der Waals surface area contributed by atoms with E-state index in [4.69, 9.17) is 0 Å². The van der Waals surface area contributed by atoms with Crippen LogP contribution in [0.4, 0.5) is 0 Å². The molecule has 0 spiro atoms. The Morgan fingerprint density at radius 1 is 0.857 bits per heavy atom. The zero-order valence-electron chi connectivity index (χ0n) is 13.2. The average molecular weight is 299 g/mol. The molecule has 0 aromatic rings. The largest absolute Gasteiger partial charge is 0.550 e. The summed E-state index contributed by atoms with van der Waals surface area (Å²) >= 11 is 0. The van der Waals surface area contributed by atoms with Gasteiger partial charge in [-0.3, -0.25) is 0 Å². The van der Waals surface area contributed by atoms with Crippen LogP contribution >= 0.6 is 0 Å². The predicted octanol–water partition coefficient (Wildman–Crippen LogP) is 0.755. The number of hydrogen-bond donors (Lipinski definition) is 1. The smallest absolute Gasteiger partial charge is 0.0588 e. The highest BCUT2D eigenvalue weighted by atomic mass is 16.4. The van der Waals surface area contributed by atoms with Crippen molar-refractivity contribution >= 4 is 11.9 Å². The first-order valence-corrected chi connectivity index (χ1v) is 8.22. The lowest BCUT2D eigenvalue weighted by Crippen LogP contribution is -2.48. The Balaban J connectivity index is 3.38. The van der Waals surface area contributed by atoms with Crippen molar-refractivity contribution in [3.05, 3.63) is 0 Å². The lowest BCUT2D eigenvalue weighted by molar-refractivity contribution is -0.317. The van der Waals surface area contributed by atoms with Crippen LogP contribution in [0.5, 0.6) is 0 Å². The van der Waals surface area contributed by atoms with Gasteiger partial charge in [-0.25, -0.2) is 0 Å². The average Bonchev–Trinajstić information content (AvgIpc) is 2.42. The fourth-order valence-electron chi connectivity index (χ4n) is 2.29. The molecule has 5 nitrogen and oxygen atoms in total. The van der Waals surface area contributed by atoms with E-state index >= 15 is 0 Å². The SMILES string of the molecule is CCCCCCCCCCCCNC(CC(=O)[O-])C(=O)[O-]. The first-order chi connectivity index (χ1) is 10.1. The van der Waals surface area contributed by atoms with Gasteiger partial charge in [0.1, 0.15) is 0 Å². The molecule has 0 rings (SSSR count). The van der Waals surface area contributed by atoms with Crippen molar-refractivity contribution in [1.82, 2.24) is 5.32 Å². The summed E-state index contributed by atoms with van der Waals surface area (Å²) < 4.78 is 0. The van der Waals surface area contributed by atoms with Gasteiger partial charge < -0.3 is 25.1 Å². The van der Waals surface area contributed by atoms with Crippen molar-refractivity contribution < 1.29 is 19.8 Å². The molecule has 0 aromatic carbocycles. The number of carbonyl (C=O) groups excluding carboxylic acids is 2. The number of nitrogens with one attached hydrogen (secondary N) is 1. The normalized spacial score (nSPS) is 12.2. The molecular weight excluding hydrogens is 270 g/mol. The van der Waals surface area contributed by atoms with E-state index in [-0.39, 0.29) is 0 Å². The third-order valence-corrected chi connectivity index (χ3v) is 3.58. The van der Waals surface area contributed by atoms with E-state index < -0.39 is 24.4 Å². The Labute approximate surface area is 128 Å². The van der Waals surface area contributed by atoms with E-state index in [0.29, 0.717) is 6.54 Å². The second-order valence-corrected chi connectivity index (χ2v) is 5.58. The first-order valence-electron chi connectivity index (χ1n) is 8.22. The van der Waals surface area contributed by atoms with Gasteiger partial charge in [0, 0.05) is 12.4 Å². The first kappa shape index (κ1) is 19.9. The maximum absolute atomic E-state index is 10.7. The molecule has 0 amide bonds. The summed E-state index contributed by atoms with van der Waals surface area (Å²) in [6.45, 7) is 2.72. The van der Waals surface area contributed by atoms with Crippen LogP contribution in [0.15, 0.2) is 0 Å². The van der Waals surface area contributed by atoms with E-state index in [0.717, 1.165) is 19.3 Å². The van der Waals surface area contributed by atoms with Gasteiger partial charge in [0.15, 0.2) is 0 Å². The van der Waals surface area contributed by atoms with Gasteiger partial charge in [-0.05, 0) is 13.0 Å². The Hall–Kier alpha value is -1.10. The third-order valence-electron chi connectivity index (χ3n) is 3.58. The lowest BCUT2D eigenvalue weighted by atomic mass is 10.1. The molecule has 5 heteroatoms. The molecule has 124 valence electrons. The topological polar surface area (TPSA) is 92.3 Å². The van der Waals surface area contributed by atoms with Gasteiger partial charge >= 0.3 is 0 Å². The maximum atomic E-state index is 10.7. The van der Waals surface area contributed by atoms with Crippen LogP contribution < -0.4 is 15.5 Å². The summed E-state index contributed by atoms with van der Waals surface area (Å²) in [5.74, 6) is -2.76. The molecule has 1 atom stereocenters. The molecule has 0 aromatic heterocycles. The number of rotatable bonds is 15. The second-order valence-electron chi connectivity index (χ2n) is 5.58. The van der Waals surface area contributed by atoms with Crippen molar-refractivity contribution in [3.8, 4) is 0 Å². The van der Waals surface area contributed by atoms with Crippen LogP contribution in [0.1, 0.15) is 77.6 Å². The van der Waals surface area contributed by atoms with Crippen molar-refractivity contribution in [3.63, 3.8) is 0 Å². The van der Waals surface area contributed by atoms with Gasteiger partial charge in [0.25, 0.3) is 0 Å². The Kier molecular flexibility index (Phi) is 13.1. The molecule has 1 N–H and O–H groups in total. The highest BCUT2D eigenvalue weighted by molar-refractivity contribution is 5.78. The summed E-state index contributed by atoms with van der Waals surface area (Å²) in [6.07, 6.45) is 11.5. The second kappa shape index (κ2) is 13.9. The highest BCUT2D eigenvalue weighted by Gasteiger charge is 2.08. The van der Waals surface area contributed by atoms with Crippen molar-refractivity contribution in [2.75, 3.05) is 6.54 Å². The van der Waals surface area contributed by atoms with Crippen LogP contribution in [-0.2, 0) is 9.59 Å². The molecule has 0 bridgehead atoms. The zero-order valence-corrected chi connectivity index (χ0v) is 13.2. The minimum absolute atomic E-state index is 0.502. The molecule has 0 heterocycles. The summed E-state index contributed by atoms with van der Waals surface area (Å²) in [5.41, 5.74) is 0. The fourth-order valence-corrected chi connectivity index (χ4v) is 2.29. The molecule has 0 saturated heterocycles. The Morgan fingerprint density at radius 2 is 1.33 bits per heavy atom. The van der Waals surface area contributed by atoms with Gasteiger partial charge in [-0.1, -0.05) is 64.7 Å². The number of unbranched alkanes of at least 4 members (excludes halogenated alkanes) is 9. The maximum Gasteiger partial charge on any atom is 0.0588 e. The van der Waals surface area contributed by atoms with E-state index in [1.807, 2.05) is 0 Å². The quantitative estimate of drug-likeness (QED) is 0.451. The fraction of sp³-hybridized carbons (Fsp3) is 0.875. The van der Waals surface area contributed by atoms with E-state index in [1.54, 1.807) is 0 Å². The number of carbonyl (C=O) groups is 2. The molecule has 0 saturated carbocycles. The van der Waals surface area contributed by atoms with Gasteiger partial charge in [0.2, 0.25) is 0 Å². The van der Waals surface area contributed by atoms with Gasteiger partial charge in [0.05, 0.1) is 12.0 Å². The Bertz CT molecular complexity index is 281. The number of carboxylic acids is 2. The molecule has 1 unspecified atom stereocenters. The summed E-state index contributed by atoms with van der Waals surface area (Å²) in [7, 11) is 0. The molecule has 0 aliphatic heterocycles. The number of hydrogen-bond acceptors (Lipinski definition) is 5. The van der Waals surface area contributed by atoms with E-state index in [2.05, 4.69) is 12.2 Å². The third kappa shape index (κ3) is 13.6. The van der Waals surface area contributed by atoms with Gasteiger partial charge in [-0.15, -0.1) is 0 Å². The van der Waals surface area contributed by atoms with Crippen LogP contribution in [0.2, 0.25) is 0 Å². The standard InChI is InChI=1S/C16H31NO4/c1-2-3-4-5-6-7-8-9-10-11-12-17-14(16(20)21)13-15(18)19/h14,17H,2-13H2,1H3,(H,18,19)(H,20,21)/p-2. The van der Waals surface area contributed by atoms with Crippen molar-refractivity contribution in [1.29, 1.82) is 0 Å². The predicted molar refractivity (Wildman–Crippen MR) is 78.3 cm³/mol. The molecular formula is C16H29NO4-2. The van der Waals surface area contributed by atoms with Crippen LogP contribution in [-0.4, -0.2) is 24.5 Å². The molecule has 21 heavy (non-hydrogen) atoms. The van der Waals surface area contributed by atoms with E-state index in [9.17, 15) is 19.8 Å². The molecule has 0 radical (unpaired) electrons. The minimum atomic E-state index is -1.38. The van der Waals surface area contributed by atoms with Crippen LogP contribution in [0.3, 0.4) is 0 Å². The van der Waals surface area contributed by atoms with E-state index in [1.165, 1.54) is 44.9 Å². The molecule has 0 aliphatic carbocycles. The van der Waals surface area contributed by atoms with Crippen molar-refractivity contribution in [2.45, 2.75) is 83.6 Å². The monoisotopic (exact) mass is 299 g/mol. The summed E-state index contributed by atoms with van der Waals surface area (Å²) in [4.78, 5) is 21.1. The zero-order chi connectivity index (χ0) is 15.9. The van der Waals surface area contributed by atoms with Crippen LogP contribution in [0.25, 0.3) is 0 Å². The summed E-state index contributed by atoms with van der Waals surface area (Å²) in [6, 6.07) is -1.14. The number of aliphatic carboxylic acids is 2. The van der Waals surface area contributed by atoms with Crippen LogP contribution in [0, 0.1) is 0 Å². The lowest BCUT2D eigenvalue weighted by Gasteiger charge is -2.20. The minimum Gasteiger partial charge on any atom is -0.550 e.